The van der Waals surface area contributed by atoms with Crippen molar-refractivity contribution in [2.24, 2.45) is 13.0 Å². The molecule has 3 aromatic rings. The second kappa shape index (κ2) is 7.06. The van der Waals surface area contributed by atoms with E-state index in [1.807, 2.05) is 24.3 Å². The molecule has 2 aromatic heterocycles. The number of aromatic nitrogens is 4. The molecule has 1 N–H and O–H groups in total. The molecule has 1 aliphatic carbocycles. The number of benzene rings is 1. The topological polar surface area (TPSA) is 68.0 Å². The fourth-order valence-corrected chi connectivity index (χ4v) is 4.01. The van der Waals surface area contributed by atoms with Gasteiger partial charge in [0.25, 0.3) is 0 Å². The van der Waals surface area contributed by atoms with Crippen LogP contribution in [0.15, 0.2) is 36.7 Å². The van der Waals surface area contributed by atoms with E-state index in [2.05, 4.69) is 39.4 Å². The summed E-state index contributed by atoms with van der Waals surface area (Å²) in [5.74, 6) is 1.76. The van der Waals surface area contributed by atoms with Crippen LogP contribution in [0.1, 0.15) is 31.0 Å². The first-order valence-electron chi connectivity index (χ1n) is 10.3. The Morgan fingerprint density at radius 2 is 2.00 bits per heavy atom. The van der Waals surface area contributed by atoms with Crippen molar-refractivity contribution in [3.05, 3.63) is 47.9 Å². The Bertz CT molecular complexity index is 1040. The summed E-state index contributed by atoms with van der Waals surface area (Å²) in [4.78, 5) is 13.8. The third-order valence-corrected chi connectivity index (χ3v) is 5.89. The first kappa shape index (κ1) is 18.0. The number of hydrogen-bond donors (Lipinski definition) is 1. The van der Waals surface area contributed by atoms with Gasteiger partial charge in [0.05, 0.1) is 12.7 Å². The second-order valence-corrected chi connectivity index (χ2v) is 8.19. The Kier molecular flexibility index (Phi) is 4.38. The molecule has 0 bridgehead atoms. The third kappa shape index (κ3) is 3.64. The van der Waals surface area contributed by atoms with Gasteiger partial charge in [-0.15, -0.1) is 0 Å². The SMILES string of the molecule is CC(=O)N1CCc2c(c(Nc3ccc(-c4cnn(C)c4)cc3)nn2CC2CC2)C1. The number of carbonyl (C=O) groups excluding carboxylic acids is 1. The summed E-state index contributed by atoms with van der Waals surface area (Å²) in [7, 11) is 1.92. The maximum Gasteiger partial charge on any atom is 0.219 e. The lowest BCUT2D eigenvalue weighted by atomic mass is 10.1. The predicted octanol–water partition coefficient (Wildman–Crippen LogP) is 3.34. The molecule has 7 nitrogen and oxygen atoms in total. The monoisotopic (exact) mass is 390 g/mol. The molecule has 1 aromatic carbocycles. The van der Waals surface area contributed by atoms with Crippen molar-refractivity contribution < 1.29 is 4.79 Å². The summed E-state index contributed by atoms with van der Waals surface area (Å²) in [6.07, 6.45) is 7.35. The summed E-state index contributed by atoms with van der Waals surface area (Å²) < 4.78 is 3.98. The molecule has 7 heteroatoms. The van der Waals surface area contributed by atoms with E-state index in [4.69, 9.17) is 5.10 Å². The number of rotatable bonds is 5. The lowest BCUT2D eigenvalue weighted by Gasteiger charge is -2.26. The Hall–Kier alpha value is -3.09. The van der Waals surface area contributed by atoms with E-state index in [1.165, 1.54) is 18.5 Å². The van der Waals surface area contributed by atoms with Gasteiger partial charge in [0, 0.05) is 62.2 Å². The molecule has 29 heavy (non-hydrogen) atoms. The van der Waals surface area contributed by atoms with Crippen LogP contribution in [0.4, 0.5) is 11.5 Å². The minimum atomic E-state index is 0.123. The number of carbonyl (C=O) groups is 1. The molecule has 0 radical (unpaired) electrons. The lowest BCUT2D eigenvalue weighted by Crippen LogP contribution is -2.34. The zero-order valence-corrected chi connectivity index (χ0v) is 16.9. The van der Waals surface area contributed by atoms with Gasteiger partial charge in [0.1, 0.15) is 0 Å². The van der Waals surface area contributed by atoms with Crippen molar-refractivity contribution in [2.45, 2.75) is 39.3 Å². The second-order valence-electron chi connectivity index (χ2n) is 8.19. The standard InChI is InChI=1S/C22H26N6O/c1-15(29)27-10-9-21-20(14-27)22(25-28(21)12-16-3-4-16)24-19-7-5-17(6-8-19)18-11-23-26(2)13-18/h5-8,11,13,16H,3-4,9-10,12,14H2,1-2H3,(H,24,25). The molecule has 1 aliphatic heterocycles. The fourth-order valence-electron chi connectivity index (χ4n) is 4.01. The van der Waals surface area contributed by atoms with Crippen LogP contribution in [-0.2, 0) is 31.4 Å². The number of amides is 1. The molecular weight excluding hydrogens is 364 g/mol. The summed E-state index contributed by atoms with van der Waals surface area (Å²) >= 11 is 0. The van der Waals surface area contributed by atoms with Crippen molar-refractivity contribution in [1.82, 2.24) is 24.5 Å². The first-order chi connectivity index (χ1) is 14.1. The molecule has 3 heterocycles. The van der Waals surface area contributed by atoms with Gasteiger partial charge in [-0.1, -0.05) is 12.1 Å². The molecule has 2 aliphatic rings. The third-order valence-electron chi connectivity index (χ3n) is 5.89. The van der Waals surface area contributed by atoms with Gasteiger partial charge in [-0.2, -0.15) is 10.2 Å². The number of hydrogen-bond acceptors (Lipinski definition) is 4. The number of nitrogens with one attached hydrogen (secondary N) is 1. The van der Waals surface area contributed by atoms with Crippen molar-refractivity contribution >= 4 is 17.4 Å². The molecule has 0 unspecified atom stereocenters. The normalized spacial score (nSPS) is 16.0. The smallest absolute Gasteiger partial charge is 0.219 e. The van der Waals surface area contributed by atoms with E-state index in [1.54, 1.807) is 11.6 Å². The number of aryl methyl sites for hydroxylation is 1. The largest absolute Gasteiger partial charge is 0.338 e. The van der Waals surface area contributed by atoms with Gasteiger partial charge in [-0.05, 0) is 36.5 Å². The van der Waals surface area contributed by atoms with Crippen LogP contribution >= 0.6 is 0 Å². The van der Waals surface area contributed by atoms with Crippen LogP contribution in [0.3, 0.4) is 0 Å². The maximum absolute atomic E-state index is 11.9. The number of fused-ring (bicyclic) bond motifs is 1. The zero-order chi connectivity index (χ0) is 20.0. The van der Waals surface area contributed by atoms with Crippen LogP contribution in [-0.4, -0.2) is 36.9 Å². The van der Waals surface area contributed by atoms with Gasteiger partial charge >= 0.3 is 0 Å². The van der Waals surface area contributed by atoms with E-state index in [0.717, 1.165) is 53.6 Å². The van der Waals surface area contributed by atoms with Crippen LogP contribution < -0.4 is 5.32 Å². The van der Waals surface area contributed by atoms with Crippen molar-refractivity contribution in [2.75, 3.05) is 11.9 Å². The van der Waals surface area contributed by atoms with Crippen LogP contribution in [0.25, 0.3) is 11.1 Å². The van der Waals surface area contributed by atoms with Crippen LogP contribution in [0, 0.1) is 5.92 Å². The van der Waals surface area contributed by atoms with Gasteiger partial charge in [0.2, 0.25) is 5.91 Å². The first-order valence-corrected chi connectivity index (χ1v) is 10.3. The predicted molar refractivity (Wildman–Crippen MR) is 112 cm³/mol. The van der Waals surface area contributed by atoms with Crippen molar-refractivity contribution in [1.29, 1.82) is 0 Å². The minimum absolute atomic E-state index is 0.123. The zero-order valence-electron chi connectivity index (χ0n) is 16.9. The Labute approximate surface area is 170 Å². The fraction of sp³-hybridized carbons (Fsp3) is 0.409. The highest BCUT2D eigenvalue weighted by molar-refractivity contribution is 5.74. The van der Waals surface area contributed by atoms with Gasteiger partial charge in [-0.3, -0.25) is 14.2 Å². The highest BCUT2D eigenvalue weighted by Gasteiger charge is 2.29. The maximum atomic E-state index is 11.9. The van der Waals surface area contributed by atoms with E-state index < -0.39 is 0 Å². The number of anilines is 2. The minimum Gasteiger partial charge on any atom is -0.338 e. The Morgan fingerprint density at radius 3 is 2.66 bits per heavy atom. The van der Waals surface area contributed by atoms with E-state index in [9.17, 15) is 4.79 Å². The van der Waals surface area contributed by atoms with Crippen LogP contribution in [0.5, 0.6) is 0 Å². The van der Waals surface area contributed by atoms with Gasteiger partial charge in [-0.25, -0.2) is 0 Å². The molecule has 150 valence electrons. The highest BCUT2D eigenvalue weighted by Crippen LogP contribution is 2.34. The molecule has 1 saturated carbocycles. The summed E-state index contributed by atoms with van der Waals surface area (Å²) in [6, 6.07) is 8.32. The van der Waals surface area contributed by atoms with Crippen LogP contribution in [0.2, 0.25) is 0 Å². The van der Waals surface area contributed by atoms with Crippen molar-refractivity contribution in [3.8, 4) is 11.1 Å². The molecule has 1 amide bonds. The quantitative estimate of drug-likeness (QED) is 0.726. The molecule has 0 saturated heterocycles. The highest BCUT2D eigenvalue weighted by atomic mass is 16.2. The average molecular weight is 390 g/mol. The van der Waals surface area contributed by atoms with E-state index in [-0.39, 0.29) is 5.91 Å². The van der Waals surface area contributed by atoms with Gasteiger partial charge < -0.3 is 10.2 Å². The number of nitrogens with zero attached hydrogens (tertiary/aromatic N) is 5. The molecule has 5 rings (SSSR count). The molecule has 1 fully saturated rings. The summed E-state index contributed by atoms with van der Waals surface area (Å²) in [6.45, 7) is 4.04. The Balaban J connectivity index is 1.41. The van der Waals surface area contributed by atoms with Gasteiger partial charge in [0.15, 0.2) is 5.82 Å². The summed E-state index contributed by atoms with van der Waals surface area (Å²) in [5.41, 5.74) is 5.67. The van der Waals surface area contributed by atoms with E-state index in [0.29, 0.717) is 6.54 Å². The molecule has 0 spiro atoms. The molecular formula is C22H26N6O. The van der Waals surface area contributed by atoms with Crippen molar-refractivity contribution in [3.63, 3.8) is 0 Å². The van der Waals surface area contributed by atoms with E-state index >= 15 is 0 Å². The Morgan fingerprint density at radius 1 is 1.21 bits per heavy atom. The lowest BCUT2D eigenvalue weighted by molar-refractivity contribution is -0.129. The summed E-state index contributed by atoms with van der Waals surface area (Å²) in [5, 5.41) is 12.6. The average Bonchev–Trinajstić information content (AvgIpc) is 3.33. The molecule has 0 atom stereocenters.